The molecule has 0 unspecified atom stereocenters. The lowest BCUT2D eigenvalue weighted by molar-refractivity contribution is 0.181. The van der Waals surface area contributed by atoms with Crippen molar-refractivity contribution in [3.05, 3.63) is 28.1 Å². The Bertz CT molecular complexity index is 510. The van der Waals surface area contributed by atoms with Gasteiger partial charge < -0.3 is 10.1 Å². The van der Waals surface area contributed by atoms with Gasteiger partial charge in [0.2, 0.25) is 0 Å². The Kier molecular flexibility index (Phi) is 3.71. The number of rotatable bonds is 4. The molecule has 0 spiro atoms. The summed E-state index contributed by atoms with van der Waals surface area (Å²) < 4.78 is 5.11. The third kappa shape index (κ3) is 2.62. The van der Waals surface area contributed by atoms with Crippen LogP contribution in [0.3, 0.4) is 0 Å². The minimum atomic E-state index is 0.493. The standard InChI is InChI=1S/C12H15N3OS/c1-8-6-17-7-10(8)12-14-9(5-16-3)4-11(13-2)15-12/h4,6-7H,5H2,1-3H3,(H,13,14,15). The number of ether oxygens (including phenoxy) is 1. The Morgan fingerprint density at radius 2 is 2.18 bits per heavy atom. The maximum absolute atomic E-state index is 5.11. The molecule has 0 bridgehead atoms. The van der Waals surface area contributed by atoms with Gasteiger partial charge in [0.05, 0.1) is 12.3 Å². The van der Waals surface area contributed by atoms with E-state index >= 15 is 0 Å². The molecule has 0 aliphatic heterocycles. The van der Waals surface area contributed by atoms with Gasteiger partial charge in [-0.15, -0.1) is 0 Å². The predicted molar refractivity (Wildman–Crippen MR) is 70.3 cm³/mol. The van der Waals surface area contributed by atoms with Crippen LogP contribution in [0, 0.1) is 6.92 Å². The molecule has 0 saturated carbocycles. The van der Waals surface area contributed by atoms with Gasteiger partial charge in [0.25, 0.3) is 0 Å². The van der Waals surface area contributed by atoms with Gasteiger partial charge >= 0.3 is 0 Å². The van der Waals surface area contributed by atoms with Gasteiger partial charge in [-0.2, -0.15) is 11.3 Å². The van der Waals surface area contributed by atoms with Crippen LogP contribution in [0.25, 0.3) is 11.4 Å². The van der Waals surface area contributed by atoms with E-state index in [9.17, 15) is 0 Å². The summed E-state index contributed by atoms with van der Waals surface area (Å²) in [4.78, 5) is 8.97. The molecule has 0 atom stereocenters. The van der Waals surface area contributed by atoms with Crippen LogP contribution in [0.4, 0.5) is 5.82 Å². The fraction of sp³-hybridized carbons (Fsp3) is 0.333. The van der Waals surface area contributed by atoms with E-state index in [0.29, 0.717) is 6.61 Å². The van der Waals surface area contributed by atoms with Gasteiger partial charge in [-0.3, -0.25) is 0 Å². The summed E-state index contributed by atoms with van der Waals surface area (Å²) in [6.45, 7) is 2.56. The first-order valence-corrected chi connectivity index (χ1v) is 6.26. The summed E-state index contributed by atoms with van der Waals surface area (Å²) in [7, 11) is 3.51. The molecular weight excluding hydrogens is 234 g/mol. The Hall–Kier alpha value is -1.46. The molecule has 0 saturated heterocycles. The molecule has 0 aromatic carbocycles. The molecule has 0 radical (unpaired) electrons. The summed E-state index contributed by atoms with van der Waals surface area (Å²) in [6, 6.07) is 1.90. The summed E-state index contributed by atoms with van der Waals surface area (Å²) >= 11 is 1.66. The molecule has 4 nitrogen and oxygen atoms in total. The molecule has 2 rings (SSSR count). The second-order valence-electron chi connectivity index (χ2n) is 3.72. The lowest BCUT2D eigenvalue weighted by Gasteiger charge is -2.07. The Labute approximate surface area is 105 Å². The second kappa shape index (κ2) is 5.25. The second-order valence-corrected chi connectivity index (χ2v) is 4.46. The molecular formula is C12H15N3OS. The Morgan fingerprint density at radius 3 is 2.76 bits per heavy atom. The van der Waals surface area contributed by atoms with Crippen molar-refractivity contribution in [1.82, 2.24) is 9.97 Å². The highest BCUT2D eigenvalue weighted by atomic mass is 32.1. The fourth-order valence-electron chi connectivity index (χ4n) is 1.56. The predicted octanol–water partition coefficient (Wildman–Crippen LogP) is 2.70. The molecule has 0 aliphatic carbocycles. The summed E-state index contributed by atoms with van der Waals surface area (Å²) in [5.41, 5.74) is 3.17. The van der Waals surface area contributed by atoms with Crippen LogP contribution in [-0.2, 0) is 11.3 Å². The van der Waals surface area contributed by atoms with Crippen LogP contribution in [0.1, 0.15) is 11.3 Å². The van der Waals surface area contributed by atoms with E-state index < -0.39 is 0 Å². The minimum Gasteiger partial charge on any atom is -0.378 e. The van der Waals surface area contributed by atoms with Crippen LogP contribution >= 0.6 is 11.3 Å². The smallest absolute Gasteiger partial charge is 0.162 e. The third-order valence-corrected chi connectivity index (χ3v) is 3.29. The average Bonchev–Trinajstić information content (AvgIpc) is 2.75. The zero-order valence-corrected chi connectivity index (χ0v) is 11.0. The van der Waals surface area contributed by atoms with Gasteiger partial charge in [-0.05, 0) is 17.9 Å². The van der Waals surface area contributed by atoms with E-state index in [4.69, 9.17) is 4.74 Å². The van der Waals surface area contributed by atoms with E-state index in [0.717, 1.165) is 22.9 Å². The van der Waals surface area contributed by atoms with Gasteiger partial charge in [0.15, 0.2) is 5.82 Å². The number of anilines is 1. The Balaban J connectivity index is 2.46. The highest BCUT2D eigenvalue weighted by Crippen LogP contribution is 2.25. The number of hydrogen-bond donors (Lipinski definition) is 1. The monoisotopic (exact) mass is 249 g/mol. The number of hydrogen-bond acceptors (Lipinski definition) is 5. The molecule has 90 valence electrons. The van der Waals surface area contributed by atoms with Crippen molar-refractivity contribution in [3.63, 3.8) is 0 Å². The van der Waals surface area contributed by atoms with Crippen molar-refractivity contribution >= 4 is 17.2 Å². The molecule has 0 fully saturated rings. The Morgan fingerprint density at radius 1 is 1.35 bits per heavy atom. The maximum Gasteiger partial charge on any atom is 0.162 e. The van der Waals surface area contributed by atoms with Gasteiger partial charge in [-0.1, -0.05) is 0 Å². The van der Waals surface area contributed by atoms with Crippen LogP contribution in [-0.4, -0.2) is 24.1 Å². The number of aryl methyl sites for hydroxylation is 1. The van der Waals surface area contributed by atoms with E-state index in [1.165, 1.54) is 5.56 Å². The topological polar surface area (TPSA) is 47.0 Å². The molecule has 17 heavy (non-hydrogen) atoms. The van der Waals surface area contributed by atoms with E-state index in [1.54, 1.807) is 18.4 Å². The van der Waals surface area contributed by atoms with Gasteiger partial charge in [0.1, 0.15) is 5.82 Å². The number of methoxy groups -OCH3 is 1. The number of nitrogens with zero attached hydrogens (tertiary/aromatic N) is 2. The SMILES string of the molecule is CNc1cc(COC)nc(-c2cscc2C)n1. The largest absolute Gasteiger partial charge is 0.378 e. The first kappa shape index (κ1) is 12.0. The number of thiophene rings is 1. The minimum absolute atomic E-state index is 0.493. The highest BCUT2D eigenvalue weighted by Gasteiger charge is 2.09. The zero-order valence-electron chi connectivity index (χ0n) is 10.2. The molecule has 2 heterocycles. The van der Waals surface area contributed by atoms with Crippen molar-refractivity contribution in [1.29, 1.82) is 0 Å². The fourth-order valence-corrected chi connectivity index (χ4v) is 2.38. The van der Waals surface area contributed by atoms with Crippen LogP contribution < -0.4 is 5.32 Å². The van der Waals surface area contributed by atoms with Crippen LogP contribution in [0.2, 0.25) is 0 Å². The van der Waals surface area contributed by atoms with Gasteiger partial charge in [0, 0.05) is 31.2 Å². The lowest BCUT2D eigenvalue weighted by Crippen LogP contribution is -2.01. The summed E-state index contributed by atoms with van der Waals surface area (Å²) in [5.74, 6) is 1.57. The van der Waals surface area contributed by atoms with E-state index in [-0.39, 0.29) is 0 Å². The number of aromatic nitrogens is 2. The van der Waals surface area contributed by atoms with Crippen molar-refractivity contribution < 1.29 is 4.74 Å². The first-order chi connectivity index (χ1) is 8.24. The molecule has 1 N–H and O–H groups in total. The van der Waals surface area contributed by atoms with Crippen molar-refractivity contribution in [2.24, 2.45) is 0 Å². The zero-order chi connectivity index (χ0) is 12.3. The van der Waals surface area contributed by atoms with E-state index in [1.807, 2.05) is 13.1 Å². The average molecular weight is 249 g/mol. The van der Waals surface area contributed by atoms with Crippen molar-refractivity contribution in [3.8, 4) is 11.4 Å². The van der Waals surface area contributed by atoms with E-state index in [2.05, 4.69) is 33.0 Å². The maximum atomic E-state index is 5.11. The molecule has 0 aliphatic rings. The van der Waals surface area contributed by atoms with Crippen LogP contribution in [0.5, 0.6) is 0 Å². The molecule has 5 heteroatoms. The van der Waals surface area contributed by atoms with Crippen molar-refractivity contribution in [2.45, 2.75) is 13.5 Å². The number of nitrogens with one attached hydrogen (secondary N) is 1. The third-order valence-electron chi connectivity index (χ3n) is 2.42. The summed E-state index contributed by atoms with van der Waals surface area (Å²) in [5, 5.41) is 7.21. The lowest BCUT2D eigenvalue weighted by atomic mass is 10.2. The van der Waals surface area contributed by atoms with Crippen molar-refractivity contribution in [2.75, 3.05) is 19.5 Å². The first-order valence-electron chi connectivity index (χ1n) is 5.32. The molecule has 2 aromatic rings. The molecule has 0 amide bonds. The molecule has 2 aromatic heterocycles. The highest BCUT2D eigenvalue weighted by molar-refractivity contribution is 7.08. The van der Waals surface area contributed by atoms with Gasteiger partial charge in [-0.25, -0.2) is 9.97 Å². The normalized spacial score (nSPS) is 10.5. The quantitative estimate of drug-likeness (QED) is 0.905. The summed E-state index contributed by atoms with van der Waals surface area (Å²) in [6.07, 6.45) is 0. The van der Waals surface area contributed by atoms with Crippen LogP contribution in [0.15, 0.2) is 16.8 Å².